The van der Waals surface area contributed by atoms with Crippen molar-refractivity contribution in [2.45, 2.75) is 31.8 Å². The Morgan fingerprint density at radius 2 is 1.78 bits per heavy atom. The molecule has 0 bridgehead atoms. The molecule has 0 radical (unpaired) electrons. The summed E-state index contributed by atoms with van der Waals surface area (Å²) in [5, 5.41) is 8.34. The molecule has 0 atom stereocenters. The van der Waals surface area contributed by atoms with Crippen LogP contribution in [0.2, 0.25) is 0 Å². The molecule has 6 nitrogen and oxygen atoms in total. The lowest BCUT2D eigenvalue weighted by Crippen LogP contribution is -2.48. The van der Waals surface area contributed by atoms with Crippen LogP contribution in [-0.2, 0) is 13.0 Å². The summed E-state index contributed by atoms with van der Waals surface area (Å²) in [4.78, 5) is 17.5. The molecule has 0 unspecified atom stereocenters. The van der Waals surface area contributed by atoms with Crippen LogP contribution in [0.3, 0.4) is 0 Å². The Morgan fingerprint density at radius 3 is 2.63 bits per heavy atom. The van der Waals surface area contributed by atoms with Crippen molar-refractivity contribution in [2.24, 2.45) is 0 Å². The van der Waals surface area contributed by atoms with E-state index in [2.05, 4.69) is 39.4 Å². The molecular formula is C21H23N5O. The van der Waals surface area contributed by atoms with Crippen LogP contribution in [0.5, 0.6) is 0 Å². The van der Waals surface area contributed by atoms with E-state index in [1.807, 2.05) is 17.0 Å². The molecule has 6 heteroatoms. The highest BCUT2D eigenvalue weighted by Crippen LogP contribution is 2.25. The van der Waals surface area contributed by atoms with Gasteiger partial charge in [0.2, 0.25) is 0 Å². The van der Waals surface area contributed by atoms with Crippen LogP contribution in [-0.4, -0.2) is 56.2 Å². The van der Waals surface area contributed by atoms with Crippen LogP contribution >= 0.6 is 0 Å². The largest absolute Gasteiger partial charge is 0.338 e. The van der Waals surface area contributed by atoms with E-state index in [4.69, 9.17) is 0 Å². The van der Waals surface area contributed by atoms with Crippen LogP contribution in [0.25, 0.3) is 5.52 Å². The van der Waals surface area contributed by atoms with Gasteiger partial charge in [0.1, 0.15) is 5.52 Å². The molecule has 138 valence electrons. The second kappa shape index (κ2) is 6.78. The molecule has 27 heavy (non-hydrogen) atoms. The third kappa shape index (κ3) is 3.00. The highest BCUT2D eigenvalue weighted by molar-refractivity contribution is 6.00. The van der Waals surface area contributed by atoms with Crippen molar-refractivity contribution in [3.05, 3.63) is 65.5 Å². The summed E-state index contributed by atoms with van der Waals surface area (Å²) in [5.74, 6) is 0.0699. The Bertz CT molecular complexity index is 973. The monoisotopic (exact) mass is 361 g/mol. The van der Waals surface area contributed by atoms with E-state index in [-0.39, 0.29) is 5.91 Å². The zero-order valence-corrected chi connectivity index (χ0v) is 15.3. The fourth-order valence-corrected chi connectivity index (χ4v) is 4.43. The van der Waals surface area contributed by atoms with Gasteiger partial charge in [0.15, 0.2) is 0 Å². The Balaban J connectivity index is 1.25. The topological polar surface area (TPSA) is 53.7 Å². The van der Waals surface area contributed by atoms with Gasteiger partial charge in [-0.2, -0.15) is 14.8 Å². The summed E-state index contributed by atoms with van der Waals surface area (Å²) in [5.41, 5.74) is 4.37. The van der Waals surface area contributed by atoms with E-state index in [0.717, 1.165) is 51.0 Å². The van der Waals surface area contributed by atoms with Crippen LogP contribution in [0.15, 0.2) is 48.8 Å². The maximum Gasteiger partial charge on any atom is 0.257 e. The Hall–Kier alpha value is -2.73. The molecule has 0 aliphatic carbocycles. The zero-order chi connectivity index (χ0) is 18.2. The lowest BCUT2D eigenvalue weighted by atomic mass is 9.95. The fraction of sp³-hybridized carbons (Fsp3) is 0.381. The van der Waals surface area contributed by atoms with Gasteiger partial charge in [-0.15, -0.1) is 0 Å². The molecule has 0 N–H and O–H groups in total. The number of amides is 1. The highest BCUT2D eigenvalue weighted by atomic mass is 16.2. The van der Waals surface area contributed by atoms with Gasteiger partial charge >= 0.3 is 0 Å². The van der Waals surface area contributed by atoms with E-state index >= 15 is 0 Å². The fourth-order valence-electron chi connectivity index (χ4n) is 4.43. The van der Waals surface area contributed by atoms with Gasteiger partial charge in [-0.1, -0.05) is 24.3 Å². The summed E-state index contributed by atoms with van der Waals surface area (Å²) >= 11 is 0. The minimum Gasteiger partial charge on any atom is -0.338 e. The van der Waals surface area contributed by atoms with Gasteiger partial charge in [0.25, 0.3) is 5.91 Å². The maximum atomic E-state index is 13.0. The van der Waals surface area contributed by atoms with Crippen molar-refractivity contribution < 1.29 is 4.79 Å². The predicted molar refractivity (Wildman–Crippen MR) is 102 cm³/mol. The molecule has 0 spiro atoms. The maximum absolute atomic E-state index is 13.0. The van der Waals surface area contributed by atoms with E-state index in [1.165, 1.54) is 15.8 Å². The number of hydrogen-bond acceptors (Lipinski definition) is 4. The lowest BCUT2D eigenvalue weighted by molar-refractivity contribution is 0.0601. The SMILES string of the molecule is O=C(c1cnn2ncccc12)N1CCC(N2CCc3ccccc3C2)CC1. The van der Waals surface area contributed by atoms with Crippen LogP contribution in [0.1, 0.15) is 34.3 Å². The number of fused-ring (bicyclic) bond motifs is 2. The third-order valence-corrected chi connectivity index (χ3v) is 5.96. The smallest absolute Gasteiger partial charge is 0.257 e. The number of rotatable bonds is 2. The van der Waals surface area contributed by atoms with Gasteiger partial charge in [-0.25, -0.2) is 0 Å². The van der Waals surface area contributed by atoms with Crippen LogP contribution in [0, 0.1) is 0 Å². The zero-order valence-electron chi connectivity index (χ0n) is 15.3. The van der Waals surface area contributed by atoms with Crippen LogP contribution in [0.4, 0.5) is 0 Å². The van der Waals surface area contributed by atoms with Crippen molar-refractivity contribution in [3.63, 3.8) is 0 Å². The normalized spacial score (nSPS) is 18.6. The second-order valence-electron chi connectivity index (χ2n) is 7.47. The van der Waals surface area contributed by atoms with Gasteiger partial charge in [0, 0.05) is 38.4 Å². The summed E-state index contributed by atoms with van der Waals surface area (Å²) in [6, 6.07) is 13.1. The first kappa shape index (κ1) is 16.4. The molecule has 0 saturated carbocycles. The molecule has 3 aromatic rings. The number of hydrogen-bond donors (Lipinski definition) is 0. The van der Waals surface area contributed by atoms with Gasteiger partial charge in [-0.05, 0) is 42.5 Å². The number of aromatic nitrogens is 3. The number of benzene rings is 1. The number of likely N-dealkylation sites (tertiary alicyclic amines) is 1. The lowest BCUT2D eigenvalue weighted by Gasteiger charge is -2.40. The van der Waals surface area contributed by atoms with E-state index in [1.54, 1.807) is 12.4 Å². The Labute approximate surface area is 158 Å². The van der Waals surface area contributed by atoms with Crippen molar-refractivity contribution in [3.8, 4) is 0 Å². The molecule has 1 aromatic carbocycles. The van der Waals surface area contributed by atoms with Crippen molar-refractivity contribution in [1.29, 1.82) is 0 Å². The summed E-state index contributed by atoms with van der Waals surface area (Å²) in [6.45, 7) is 3.77. The van der Waals surface area contributed by atoms with Crippen LogP contribution < -0.4 is 0 Å². The Kier molecular flexibility index (Phi) is 4.13. The number of carbonyl (C=O) groups excluding carboxylic acids is 1. The van der Waals surface area contributed by atoms with E-state index < -0.39 is 0 Å². The average molecular weight is 361 g/mol. The van der Waals surface area contributed by atoms with Gasteiger partial charge in [-0.3, -0.25) is 9.69 Å². The first-order valence-electron chi connectivity index (χ1n) is 9.69. The molecular weight excluding hydrogens is 338 g/mol. The minimum atomic E-state index is 0.0699. The first-order chi connectivity index (χ1) is 13.3. The molecule has 2 aromatic heterocycles. The van der Waals surface area contributed by atoms with E-state index in [0.29, 0.717) is 11.6 Å². The Morgan fingerprint density at radius 1 is 0.963 bits per heavy atom. The van der Waals surface area contributed by atoms with Crippen molar-refractivity contribution >= 4 is 11.4 Å². The number of piperidine rings is 1. The molecule has 1 saturated heterocycles. The van der Waals surface area contributed by atoms with Crippen molar-refractivity contribution in [2.75, 3.05) is 19.6 Å². The first-order valence-corrected chi connectivity index (χ1v) is 9.69. The third-order valence-electron chi connectivity index (χ3n) is 5.96. The molecule has 1 fully saturated rings. The molecule has 4 heterocycles. The molecule has 5 rings (SSSR count). The number of nitrogens with zero attached hydrogens (tertiary/aromatic N) is 5. The summed E-state index contributed by atoms with van der Waals surface area (Å²) in [6.07, 6.45) is 6.51. The van der Waals surface area contributed by atoms with E-state index in [9.17, 15) is 4.79 Å². The summed E-state index contributed by atoms with van der Waals surface area (Å²) < 4.78 is 1.52. The standard InChI is InChI=1S/C21H23N5O/c27-21(19-14-23-26-20(19)6-3-10-22-26)24-12-8-18(9-13-24)25-11-7-16-4-1-2-5-17(16)15-25/h1-6,10,14,18H,7-9,11-13,15H2. The van der Waals surface area contributed by atoms with Gasteiger partial charge < -0.3 is 4.90 Å². The van der Waals surface area contributed by atoms with Gasteiger partial charge in [0.05, 0.1) is 11.8 Å². The molecule has 2 aliphatic rings. The average Bonchev–Trinajstić information content (AvgIpc) is 3.17. The summed E-state index contributed by atoms with van der Waals surface area (Å²) in [7, 11) is 0. The highest BCUT2D eigenvalue weighted by Gasteiger charge is 2.30. The number of carbonyl (C=O) groups is 1. The van der Waals surface area contributed by atoms with Crippen molar-refractivity contribution in [1.82, 2.24) is 24.6 Å². The second-order valence-corrected chi connectivity index (χ2v) is 7.47. The predicted octanol–water partition coefficient (Wildman–Crippen LogP) is 2.39. The molecule has 1 amide bonds. The minimum absolute atomic E-state index is 0.0699. The quantitative estimate of drug-likeness (QED) is 0.703. The molecule has 2 aliphatic heterocycles.